The standard InChI is InChI=1S/C17H17F2NO4/c1-17(2,15(22)23)9-20-14(21)12-7-10-5-3-4-6-11(10)8-13(12)24-16(18)19/h3-8,16H,9H2,1-2H3,(H,20,21)(H,22,23). The van der Waals surface area contributed by atoms with Crippen molar-refractivity contribution in [2.75, 3.05) is 6.54 Å². The Balaban J connectivity index is 2.34. The molecule has 2 aromatic carbocycles. The highest BCUT2D eigenvalue weighted by Crippen LogP contribution is 2.27. The lowest BCUT2D eigenvalue weighted by molar-refractivity contribution is -0.146. The van der Waals surface area contributed by atoms with E-state index in [-0.39, 0.29) is 17.9 Å². The second-order valence-electron chi connectivity index (χ2n) is 5.95. The molecular formula is C17H17F2NO4. The predicted molar refractivity (Wildman–Crippen MR) is 84.3 cm³/mol. The maximum atomic E-state index is 12.6. The normalized spacial score (nSPS) is 11.5. The Morgan fingerprint density at radius 1 is 1.21 bits per heavy atom. The fourth-order valence-corrected chi connectivity index (χ4v) is 2.06. The molecule has 0 spiro atoms. The van der Waals surface area contributed by atoms with Crippen LogP contribution in [0.5, 0.6) is 5.75 Å². The molecule has 0 heterocycles. The monoisotopic (exact) mass is 337 g/mol. The smallest absolute Gasteiger partial charge is 0.387 e. The molecule has 0 saturated carbocycles. The molecule has 0 unspecified atom stereocenters. The van der Waals surface area contributed by atoms with Crippen molar-refractivity contribution in [3.8, 4) is 5.75 Å². The van der Waals surface area contributed by atoms with Crippen LogP contribution in [-0.2, 0) is 4.79 Å². The number of ether oxygens (including phenoxy) is 1. The van der Waals surface area contributed by atoms with Crippen LogP contribution in [0.2, 0.25) is 0 Å². The van der Waals surface area contributed by atoms with Gasteiger partial charge < -0.3 is 15.2 Å². The van der Waals surface area contributed by atoms with Crippen LogP contribution >= 0.6 is 0 Å². The van der Waals surface area contributed by atoms with Gasteiger partial charge in [-0.25, -0.2) is 0 Å². The van der Waals surface area contributed by atoms with Crippen LogP contribution in [0.3, 0.4) is 0 Å². The minimum atomic E-state index is -3.08. The van der Waals surface area contributed by atoms with Crippen LogP contribution < -0.4 is 10.1 Å². The third-order valence-corrected chi connectivity index (χ3v) is 3.58. The maximum Gasteiger partial charge on any atom is 0.387 e. The van der Waals surface area contributed by atoms with Gasteiger partial charge in [-0.3, -0.25) is 9.59 Å². The third kappa shape index (κ3) is 3.98. The highest BCUT2D eigenvalue weighted by Gasteiger charge is 2.28. The number of carbonyl (C=O) groups is 2. The summed E-state index contributed by atoms with van der Waals surface area (Å²) in [5, 5.41) is 12.8. The Hall–Kier alpha value is -2.70. The van der Waals surface area contributed by atoms with E-state index in [4.69, 9.17) is 5.11 Å². The number of hydrogen-bond donors (Lipinski definition) is 2. The summed E-state index contributed by atoms with van der Waals surface area (Å²) in [6.45, 7) is -0.325. The molecule has 1 amide bonds. The van der Waals surface area contributed by atoms with E-state index < -0.39 is 23.9 Å². The van der Waals surface area contributed by atoms with Gasteiger partial charge in [0.05, 0.1) is 11.0 Å². The molecule has 0 radical (unpaired) electrons. The van der Waals surface area contributed by atoms with Gasteiger partial charge in [-0.15, -0.1) is 0 Å². The number of benzene rings is 2. The van der Waals surface area contributed by atoms with Crippen molar-refractivity contribution < 1.29 is 28.2 Å². The van der Waals surface area contributed by atoms with E-state index >= 15 is 0 Å². The molecule has 7 heteroatoms. The Labute approximate surface area is 137 Å². The topological polar surface area (TPSA) is 75.6 Å². The average molecular weight is 337 g/mol. The van der Waals surface area contributed by atoms with Crippen LogP contribution in [0.25, 0.3) is 10.8 Å². The highest BCUT2D eigenvalue weighted by molar-refractivity contribution is 6.01. The summed E-state index contributed by atoms with van der Waals surface area (Å²) in [4.78, 5) is 23.4. The molecule has 24 heavy (non-hydrogen) atoms. The van der Waals surface area contributed by atoms with Crippen LogP contribution in [-0.4, -0.2) is 30.1 Å². The van der Waals surface area contributed by atoms with Crippen LogP contribution in [0.1, 0.15) is 24.2 Å². The lowest BCUT2D eigenvalue weighted by atomic mass is 9.93. The molecule has 0 aliphatic rings. The molecule has 0 atom stereocenters. The van der Waals surface area contributed by atoms with Gasteiger partial charge >= 0.3 is 12.6 Å². The van der Waals surface area contributed by atoms with Crippen molar-refractivity contribution in [3.63, 3.8) is 0 Å². The van der Waals surface area contributed by atoms with Gasteiger partial charge in [0.2, 0.25) is 0 Å². The Morgan fingerprint density at radius 3 is 2.33 bits per heavy atom. The molecule has 0 aliphatic carbocycles. The van der Waals surface area contributed by atoms with Gasteiger partial charge in [0.1, 0.15) is 5.75 Å². The SMILES string of the molecule is CC(C)(CNC(=O)c1cc2ccccc2cc1OC(F)F)C(=O)O. The quantitative estimate of drug-likeness (QED) is 0.848. The molecule has 0 bridgehead atoms. The van der Waals surface area contributed by atoms with E-state index in [9.17, 15) is 18.4 Å². The maximum absolute atomic E-state index is 12.6. The van der Waals surface area contributed by atoms with Gasteiger partial charge in [-0.1, -0.05) is 24.3 Å². The predicted octanol–water partition coefficient (Wildman–Crippen LogP) is 3.28. The summed E-state index contributed by atoms with van der Waals surface area (Å²) in [6, 6.07) is 9.74. The van der Waals surface area contributed by atoms with Crippen molar-refractivity contribution in [1.82, 2.24) is 5.32 Å². The summed E-state index contributed by atoms with van der Waals surface area (Å²) >= 11 is 0. The van der Waals surface area contributed by atoms with Gasteiger partial charge in [0.15, 0.2) is 0 Å². The van der Waals surface area contributed by atoms with E-state index in [1.165, 1.54) is 26.0 Å². The minimum Gasteiger partial charge on any atom is -0.481 e. The summed E-state index contributed by atoms with van der Waals surface area (Å²) in [7, 11) is 0. The number of aliphatic carboxylic acids is 1. The Bertz CT molecular complexity index is 774. The molecule has 0 aliphatic heterocycles. The molecular weight excluding hydrogens is 320 g/mol. The molecule has 128 valence electrons. The Kier molecular flexibility index (Phi) is 5.02. The van der Waals surface area contributed by atoms with E-state index in [2.05, 4.69) is 10.1 Å². The lowest BCUT2D eigenvalue weighted by Crippen LogP contribution is -2.39. The molecule has 5 nitrogen and oxygen atoms in total. The van der Waals surface area contributed by atoms with Crippen molar-refractivity contribution >= 4 is 22.6 Å². The summed E-state index contributed by atoms with van der Waals surface area (Å²) in [5.74, 6) is -2.01. The van der Waals surface area contributed by atoms with Crippen molar-refractivity contribution in [2.24, 2.45) is 5.41 Å². The number of rotatable bonds is 6. The fraction of sp³-hybridized carbons (Fsp3) is 0.294. The van der Waals surface area contributed by atoms with Gasteiger partial charge in [0, 0.05) is 6.54 Å². The summed E-state index contributed by atoms with van der Waals surface area (Å²) in [6.07, 6.45) is 0. The first-order chi connectivity index (χ1) is 11.2. The number of fused-ring (bicyclic) bond motifs is 1. The molecule has 2 N–H and O–H groups in total. The van der Waals surface area contributed by atoms with Crippen LogP contribution in [0.15, 0.2) is 36.4 Å². The first kappa shape index (κ1) is 17.7. The first-order valence-corrected chi connectivity index (χ1v) is 7.20. The third-order valence-electron chi connectivity index (χ3n) is 3.58. The molecule has 0 saturated heterocycles. The van der Waals surface area contributed by atoms with Crippen LogP contribution in [0, 0.1) is 5.41 Å². The van der Waals surface area contributed by atoms with Gasteiger partial charge in [-0.05, 0) is 36.8 Å². The zero-order valence-electron chi connectivity index (χ0n) is 13.2. The second kappa shape index (κ2) is 6.82. The van der Waals surface area contributed by atoms with E-state index in [0.29, 0.717) is 10.8 Å². The summed E-state index contributed by atoms with van der Waals surface area (Å²) in [5.41, 5.74) is -1.26. The summed E-state index contributed by atoms with van der Waals surface area (Å²) < 4.78 is 29.7. The van der Waals surface area contributed by atoms with Gasteiger partial charge in [-0.2, -0.15) is 8.78 Å². The number of carboxylic acids is 1. The van der Waals surface area contributed by atoms with E-state index in [1.807, 2.05) is 0 Å². The molecule has 2 rings (SSSR count). The van der Waals surface area contributed by atoms with Crippen molar-refractivity contribution in [1.29, 1.82) is 0 Å². The number of amides is 1. The largest absolute Gasteiger partial charge is 0.481 e. The first-order valence-electron chi connectivity index (χ1n) is 7.20. The van der Waals surface area contributed by atoms with Crippen molar-refractivity contribution in [3.05, 3.63) is 42.0 Å². The molecule has 2 aromatic rings. The van der Waals surface area contributed by atoms with Crippen molar-refractivity contribution in [2.45, 2.75) is 20.5 Å². The number of carboxylic acid groups (broad SMARTS) is 1. The Morgan fingerprint density at radius 2 is 1.79 bits per heavy atom. The number of alkyl halides is 2. The second-order valence-corrected chi connectivity index (χ2v) is 5.95. The number of carbonyl (C=O) groups excluding carboxylic acids is 1. The number of halogens is 2. The van der Waals surface area contributed by atoms with Gasteiger partial charge in [0.25, 0.3) is 5.91 Å². The lowest BCUT2D eigenvalue weighted by Gasteiger charge is -2.20. The zero-order valence-corrected chi connectivity index (χ0v) is 13.2. The minimum absolute atomic E-state index is 0.0739. The molecule has 0 aromatic heterocycles. The zero-order chi connectivity index (χ0) is 17.9. The number of hydrogen-bond acceptors (Lipinski definition) is 3. The van der Waals surface area contributed by atoms with Crippen LogP contribution in [0.4, 0.5) is 8.78 Å². The average Bonchev–Trinajstić information content (AvgIpc) is 2.51. The van der Waals surface area contributed by atoms with E-state index in [1.54, 1.807) is 24.3 Å². The van der Waals surface area contributed by atoms with E-state index in [0.717, 1.165) is 0 Å². The number of nitrogens with one attached hydrogen (secondary N) is 1. The molecule has 0 fully saturated rings. The fourth-order valence-electron chi connectivity index (χ4n) is 2.06. The highest BCUT2D eigenvalue weighted by atomic mass is 19.3.